The first-order valence-electron chi connectivity index (χ1n) is 6.09. The molecule has 0 aliphatic heterocycles. The van der Waals surface area contributed by atoms with E-state index >= 15 is 0 Å². The molecule has 6 nitrogen and oxygen atoms in total. The van der Waals surface area contributed by atoms with Gasteiger partial charge in [-0.05, 0) is 36.8 Å². The van der Waals surface area contributed by atoms with Crippen LogP contribution in [0.2, 0.25) is 0 Å². The van der Waals surface area contributed by atoms with Crippen LogP contribution in [0.15, 0.2) is 47.4 Å². The molecule has 0 saturated carbocycles. The van der Waals surface area contributed by atoms with Gasteiger partial charge < -0.3 is 11.1 Å². The number of carbonyl (C=O) groups is 1. The smallest absolute Gasteiger partial charge is 0.257 e. The fraction of sp³-hybridized carbons (Fsp3) is 0.0714. The topological polar surface area (TPSA) is 115 Å². The number of primary sulfonamides is 1. The molecule has 2 aromatic rings. The quantitative estimate of drug-likeness (QED) is 0.745. The summed E-state index contributed by atoms with van der Waals surface area (Å²) in [6, 6.07) is 11.1. The van der Waals surface area contributed by atoms with Gasteiger partial charge in [-0.2, -0.15) is 0 Å². The highest BCUT2D eigenvalue weighted by Crippen LogP contribution is 2.23. The molecule has 2 aromatic carbocycles. The Morgan fingerprint density at radius 2 is 1.76 bits per heavy atom. The minimum Gasteiger partial charge on any atom is -0.398 e. The zero-order valence-electron chi connectivity index (χ0n) is 11.3. The maximum atomic E-state index is 12.2. The van der Waals surface area contributed by atoms with Crippen LogP contribution in [0.3, 0.4) is 0 Å². The van der Waals surface area contributed by atoms with Crippen molar-refractivity contribution in [3.8, 4) is 0 Å². The van der Waals surface area contributed by atoms with Gasteiger partial charge in [-0.3, -0.25) is 4.79 Å². The summed E-state index contributed by atoms with van der Waals surface area (Å²) in [5.41, 5.74) is 7.14. The minimum atomic E-state index is -3.84. The van der Waals surface area contributed by atoms with Gasteiger partial charge in [0, 0.05) is 11.4 Å². The Balaban J connectivity index is 2.37. The molecule has 5 N–H and O–H groups in total. The van der Waals surface area contributed by atoms with Crippen molar-refractivity contribution in [3.05, 3.63) is 53.6 Å². The fourth-order valence-corrected chi connectivity index (χ4v) is 2.76. The maximum absolute atomic E-state index is 12.2. The molecule has 0 atom stereocenters. The van der Waals surface area contributed by atoms with E-state index in [2.05, 4.69) is 5.32 Å². The number of nitrogen functional groups attached to an aromatic ring is 1. The van der Waals surface area contributed by atoms with Gasteiger partial charge >= 0.3 is 0 Å². The molecule has 7 heteroatoms. The molecule has 0 heterocycles. The third-order valence-corrected chi connectivity index (χ3v) is 4.10. The summed E-state index contributed by atoms with van der Waals surface area (Å²) in [6.45, 7) is 1.57. The number of rotatable bonds is 3. The van der Waals surface area contributed by atoms with Gasteiger partial charge in [-0.15, -0.1) is 0 Å². The Morgan fingerprint density at radius 3 is 2.38 bits per heavy atom. The van der Waals surface area contributed by atoms with Crippen molar-refractivity contribution >= 4 is 27.3 Å². The number of nitrogens with one attached hydrogen (secondary N) is 1. The maximum Gasteiger partial charge on any atom is 0.257 e. The number of nitrogens with two attached hydrogens (primary N) is 2. The number of amides is 1. The SMILES string of the molecule is Cc1c(NC(=O)c2ccccc2N)cccc1S(N)(=O)=O. The van der Waals surface area contributed by atoms with E-state index in [0.29, 0.717) is 22.5 Å². The van der Waals surface area contributed by atoms with E-state index < -0.39 is 15.9 Å². The molecule has 0 radical (unpaired) electrons. The summed E-state index contributed by atoms with van der Waals surface area (Å²) in [4.78, 5) is 12.1. The van der Waals surface area contributed by atoms with Gasteiger partial charge in [0.1, 0.15) is 0 Å². The highest BCUT2D eigenvalue weighted by Gasteiger charge is 2.16. The lowest BCUT2D eigenvalue weighted by molar-refractivity contribution is 0.102. The number of sulfonamides is 1. The van der Waals surface area contributed by atoms with E-state index in [1.807, 2.05) is 0 Å². The van der Waals surface area contributed by atoms with Crippen LogP contribution in [0.1, 0.15) is 15.9 Å². The van der Waals surface area contributed by atoms with Crippen LogP contribution in [0, 0.1) is 6.92 Å². The van der Waals surface area contributed by atoms with Crippen LogP contribution in [0.25, 0.3) is 0 Å². The lowest BCUT2D eigenvalue weighted by atomic mass is 10.1. The molecular weight excluding hydrogens is 290 g/mol. The van der Waals surface area contributed by atoms with Crippen LogP contribution < -0.4 is 16.2 Å². The average molecular weight is 305 g/mol. The summed E-state index contributed by atoms with van der Waals surface area (Å²) in [5, 5.41) is 7.77. The van der Waals surface area contributed by atoms with Crippen LogP contribution in [-0.2, 0) is 10.0 Å². The number of hydrogen-bond donors (Lipinski definition) is 3. The predicted octanol–water partition coefficient (Wildman–Crippen LogP) is 1.48. The molecule has 21 heavy (non-hydrogen) atoms. The van der Waals surface area contributed by atoms with Gasteiger partial charge in [0.15, 0.2) is 0 Å². The molecule has 0 aromatic heterocycles. The van der Waals surface area contributed by atoms with Gasteiger partial charge in [0.2, 0.25) is 10.0 Å². The van der Waals surface area contributed by atoms with E-state index in [-0.39, 0.29) is 4.90 Å². The third-order valence-electron chi connectivity index (χ3n) is 3.04. The zero-order valence-corrected chi connectivity index (χ0v) is 12.1. The van der Waals surface area contributed by atoms with Gasteiger partial charge in [0.25, 0.3) is 5.91 Å². The van der Waals surface area contributed by atoms with E-state index in [4.69, 9.17) is 10.9 Å². The highest BCUT2D eigenvalue weighted by molar-refractivity contribution is 7.89. The van der Waals surface area contributed by atoms with Crippen LogP contribution in [0.4, 0.5) is 11.4 Å². The third kappa shape index (κ3) is 3.21. The molecule has 0 spiro atoms. The monoisotopic (exact) mass is 305 g/mol. The number of anilines is 2. The summed E-state index contributed by atoms with van der Waals surface area (Å²) in [5.74, 6) is -0.414. The standard InChI is InChI=1S/C14H15N3O3S/c1-9-12(7-4-8-13(9)21(16,19)20)17-14(18)10-5-2-3-6-11(10)15/h2-8H,15H2,1H3,(H,17,18)(H2,16,19,20). The van der Waals surface area contributed by atoms with E-state index in [9.17, 15) is 13.2 Å². The summed E-state index contributed by atoms with van der Waals surface area (Å²) in [7, 11) is -3.84. The molecule has 0 unspecified atom stereocenters. The number of para-hydroxylation sites is 1. The normalized spacial score (nSPS) is 11.1. The Kier molecular flexibility index (Phi) is 3.97. The van der Waals surface area contributed by atoms with Gasteiger partial charge in [0.05, 0.1) is 10.5 Å². The summed E-state index contributed by atoms with van der Waals surface area (Å²) >= 11 is 0. The second kappa shape index (κ2) is 5.55. The molecule has 0 aliphatic rings. The lowest BCUT2D eigenvalue weighted by Gasteiger charge is -2.12. The van der Waals surface area contributed by atoms with Crippen molar-refractivity contribution in [2.24, 2.45) is 5.14 Å². The second-order valence-corrected chi connectivity index (χ2v) is 6.04. The average Bonchev–Trinajstić information content (AvgIpc) is 2.40. The first kappa shape index (κ1) is 15.0. The molecule has 1 amide bonds. The molecule has 110 valence electrons. The predicted molar refractivity (Wildman–Crippen MR) is 81.4 cm³/mol. The van der Waals surface area contributed by atoms with Gasteiger partial charge in [-0.25, -0.2) is 13.6 Å². The van der Waals surface area contributed by atoms with Crippen molar-refractivity contribution in [2.45, 2.75) is 11.8 Å². The van der Waals surface area contributed by atoms with E-state index in [1.54, 1.807) is 37.3 Å². The fourth-order valence-electron chi connectivity index (χ4n) is 1.95. The summed E-state index contributed by atoms with van der Waals surface area (Å²) < 4.78 is 22.9. The number of carbonyl (C=O) groups excluding carboxylic acids is 1. The van der Waals surface area contributed by atoms with Crippen LogP contribution in [-0.4, -0.2) is 14.3 Å². The molecule has 0 aliphatic carbocycles. The minimum absolute atomic E-state index is 0.0265. The second-order valence-electron chi connectivity index (χ2n) is 4.52. The van der Waals surface area contributed by atoms with Gasteiger partial charge in [-0.1, -0.05) is 18.2 Å². The lowest BCUT2D eigenvalue weighted by Crippen LogP contribution is -2.17. The Morgan fingerprint density at radius 1 is 1.10 bits per heavy atom. The van der Waals surface area contributed by atoms with E-state index in [1.165, 1.54) is 12.1 Å². The van der Waals surface area contributed by atoms with E-state index in [0.717, 1.165) is 0 Å². The zero-order chi connectivity index (χ0) is 15.6. The van der Waals surface area contributed by atoms with Crippen molar-refractivity contribution < 1.29 is 13.2 Å². The number of hydrogen-bond acceptors (Lipinski definition) is 4. The molecule has 0 fully saturated rings. The molecule has 2 rings (SSSR count). The molecule has 0 bridgehead atoms. The van der Waals surface area contributed by atoms with Crippen molar-refractivity contribution in [1.29, 1.82) is 0 Å². The van der Waals surface area contributed by atoms with Crippen molar-refractivity contribution in [3.63, 3.8) is 0 Å². The molecular formula is C14H15N3O3S. The van der Waals surface area contributed by atoms with Crippen molar-refractivity contribution in [1.82, 2.24) is 0 Å². The first-order chi connectivity index (χ1) is 9.80. The van der Waals surface area contributed by atoms with Crippen molar-refractivity contribution in [2.75, 3.05) is 11.1 Å². The Bertz CT molecular complexity index is 801. The Hall–Kier alpha value is -2.38. The Labute approximate surface area is 122 Å². The first-order valence-corrected chi connectivity index (χ1v) is 7.63. The van der Waals surface area contributed by atoms with Crippen LogP contribution >= 0.6 is 0 Å². The number of benzene rings is 2. The van der Waals surface area contributed by atoms with Crippen LogP contribution in [0.5, 0.6) is 0 Å². The highest BCUT2D eigenvalue weighted by atomic mass is 32.2. The largest absolute Gasteiger partial charge is 0.398 e. The molecule has 0 saturated heterocycles. The summed E-state index contributed by atoms with van der Waals surface area (Å²) in [6.07, 6.45) is 0.